The van der Waals surface area contributed by atoms with Crippen LogP contribution in [0.3, 0.4) is 0 Å². The molecule has 2 rings (SSSR count). The first kappa shape index (κ1) is 13.5. The van der Waals surface area contributed by atoms with Gasteiger partial charge in [-0.15, -0.1) is 0 Å². The number of aliphatic carboxylic acids is 1. The molecule has 5 heteroatoms. The molecular formula is C14H18N2O3. The van der Waals surface area contributed by atoms with Crippen molar-refractivity contribution in [2.75, 3.05) is 11.4 Å². The highest BCUT2D eigenvalue weighted by Gasteiger charge is 2.42. The van der Waals surface area contributed by atoms with Crippen molar-refractivity contribution in [3.63, 3.8) is 0 Å². The fourth-order valence-corrected chi connectivity index (χ4v) is 2.61. The average Bonchev–Trinajstić information content (AvgIpc) is 2.29. The van der Waals surface area contributed by atoms with Crippen LogP contribution in [0.1, 0.15) is 23.6 Å². The van der Waals surface area contributed by atoms with Gasteiger partial charge in [-0.2, -0.15) is 0 Å². The largest absolute Gasteiger partial charge is 0.480 e. The van der Waals surface area contributed by atoms with Crippen LogP contribution in [0.15, 0.2) is 12.1 Å². The van der Waals surface area contributed by atoms with Crippen LogP contribution in [-0.4, -0.2) is 29.1 Å². The Bertz CT molecular complexity index is 568. The molecule has 1 atom stereocenters. The number of nitrogens with two attached hydrogens (primary N) is 1. The molecule has 1 aliphatic heterocycles. The molecule has 1 aromatic rings. The number of hydrogen-bond acceptors (Lipinski definition) is 3. The molecule has 1 aliphatic rings. The van der Waals surface area contributed by atoms with Crippen LogP contribution in [-0.2, 0) is 16.0 Å². The smallest absolute Gasteiger partial charge is 0.325 e. The van der Waals surface area contributed by atoms with Crippen LogP contribution in [0.25, 0.3) is 0 Å². The summed E-state index contributed by atoms with van der Waals surface area (Å²) in [6.45, 7) is 5.30. The van der Waals surface area contributed by atoms with Crippen molar-refractivity contribution in [1.82, 2.24) is 0 Å². The summed E-state index contributed by atoms with van der Waals surface area (Å²) < 4.78 is 0. The summed E-state index contributed by atoms with van der Waals surface area (Å²) in [5, 5.41) is 9.31. The fourth-order valence-electron chi connectivity index (χ4n) is 2.61. The summed E-state index contributed by atoms with van der Waals surface area (Å²) >= 11 is 0. The molecule has 1 unspecified atom stereocenters. The number of carboxylic acid groups (broad SMARTS) is 1. The van der Waals surface area contributed by atoms with Gasteiger partial charge in [-0.3, -0.25) is 9.59 Å². The Morgan fingerprint density at radius 3 is 2.53 bits per heavy atom. The summed E-state index contributed by atoms with van der Waals surface area (Å²) in [7, 11) is 0. The summed E-state index contributed by atoms with van der Waals surface area (Å²) in [6, 6.07) is 3.88. The molecule has 5 nitrogen and oxygen atoms in total. The van der Waals surface area contributed by atoms with Gasteiger partial charge in [0.25, 0.3) is 0 Å². The zero-order chi connectivity index (χ0) is 14.4. The van der Waals surface area contributed by atoms with Crippen LogP contribution in [0.5, 0.6) is 0 Å². The Kier molecular flexibility index (Phi) is 3.10. The number of carboxylic acids is 1. The highest BCUT2D eigenvalue weighted by Crippen LogP contribution is 2.34. The van der Waals surface area contributed by atoms with Crippen molar-refractivity contribution < 1.29 is 14.7 Å². The van der Waals surface area contributed by atoms with Gasteiger partial charge in [0.2, 0.25) is 5.91 Å². The molecule has 0 fully saturated rings. The molecule has 0 aliphatic carbocycles. The van der Waals surface area contributed by atoms with Gasteiger partial charge in [-0.1, -0.05) is 6.07 Å². The molecule has 0 spiro atoms. The molecule has 1 aromatic carbocycles. The Hall–Kier alpha value is -1.88. The molecule has 1 heterocycles. The maximum atomic E-state index is 11.8. The summed E-state index contributed by atoms with van der Waals surface area (Å²) in [4.78, 5) is 24.6. The third-order valence-electron chi connectivity index (χ3n) is 3.62. The van der Waals surface area contributed by atoms with Gasteiger partial charge in [0.1, 0.15) is 5.54 Å². The molecule has 0 aromatic heterocycles. The lowest BCUT2D eigenvalue weighted by molar-refractivity contribution is -0.143. The second-order valence-corrected chi connectivity index (χ2v) is 5.32. The zero-order valence-corrected chi connectivity index (χ0v) is 11.4. The van der Waals surface area contributed by atoms with E-state index < -0.39 is 11.5 Å². The number of anilines is 1. The van der Waals surface area contributed by atoms with Gasteiger partial charge in [-0.05, 0) is 36.6 Å². The molecule has 19 heavy (non-hydrogen) atoms. The molecule has 102 valence electrons. The zero-order valence-electron chi connectivity index (χ0n) is 11.4. The van der Waals surface area contributed by atoms with E-state index in [0.717, 1.165) is 22.4 Å². The van der Waals surface area contributed by atoms with Gasteiger partial charge >= 0.3 is 5.97 Å². The normalized spacial score (nSPS) is 22.0. The highest BCUT2D eigenvalue weighted by atomic mass is 16.4. The van der Waals surface area contributed by atoms with Crippen molar-refractivity contribution in [3.8, 4) is 0 Å². The molecule has 1 amide bonds. The quantitative estimate of drug-likeness (QED) is 0.790. The van der Waals surface area contributed by atoms with E-state index in [2.05, 4.69) is 0 Å². The predicted molar refractivity (Wildman–Crippen MR) is 72.2 cm³/mol. The van der Waals surface area contributed by atoms with E-state index in [1.807, 2.05) is 26.0 Å². The lowest BCUT2D eigenvalue weighted by Crippen LogP contribution is -2.61. The molecule has 0 bridgehead atoms. The van der Waals surface area contributed by atoms with Gasteiger partial charge in [-0.25, -0.2) is 0 Å². The molecule has 0 saturated heterocycles. The van der Waals surface area contributed by atoms with Crippen LogP contribution >= 0.6 is 0 Å². The van der Waals surface area contributed by atoms with Gasteiger partial charge in [0.15, 0.2) is 0 Å². The number of benzene rings is 1. The first-order chi connectivity index (χ1) is 8.74. The van der Waals surface area contributed by atoms with E-state index in [4.69, 9.17) is 5.73 Å². The van der Waals surface area contributed by atoms with Crippen LogP contribution < -0.4 is 10.6 Å². The van der Waals surface area contributed by atoms with Crippen molar-refractivity contribution in [2.45, 2.75) is 32.7 Å². The first-order valence-electron chi connectivity index (χ1n) is 6.15. The van der Waals surface area contributed by atoms with Gasteiger partial charge in [0, 0.05) is 19.0 Å². The monoisotopic (exact) mass is 262 g/mol. The lowest BCUT2D eigenvalue weighted by atomic mass is 9.83. The topological polar surface area (TPSA) is 83.6 Å². The second-order valence-electron chi connectivity index (χ2n) is 5.32. The third-order valence-corrected chi connectivity index (χ3v) is 3.62. The fraction of sp³-hybridized carbons (Fsp3) is 0.429. The summed E-state index contributed by atoms with van der Waals surface area (Å²) in [6.07, 6.45) is 0.244. The van der Waals surface area contributed by atoms with Crippen molar-refractivity contribution in [1.29, 1.82) is 0 Å². The molecule has 0 radical (unpaired) electrons. The van der Waals surface area contributed by atoms with E-state index in [1.165, 1.54) is 11.8 Å². The molecule has 0 saturated carbocycles. The number of carbonyl (C=O) groups excluding carboxylic acids is 1. The van der Waals surface area contributed by atoms with Crippen LogP contribution in [0, 0.1) is 13.8 Å². The van der Waals surface area contributed by atoms with Crippen LogP contribution in [0.2, 0.25) is 0 Å². The minimum Gasteiger partial charge on any atom is -0.480 e. The van der Waals surface area contributed by atoms with E-state index in [1.54, 1.807) is 0 Å². The second kappa shape index (κ2) is 4.35. The Morgan fingerprint density at radius 2 is 2.00 bits per heavy atom. The number of hydrogen-bond donors (Lipinski definition) is 2. The average molecular weight is 262 g/mol. The van der Waals surface area contributed by atoms with E-state index in [9.17, 15) is 14.7 Å². The predicted octanol–water partition coefficient (Wildman–Crippen LogP) is 0.995. The Morgan fingerprint density at radius 1 is 1.37 bits per heavy atom. The standard InChI is InChI=1S/C14H18N2O3/c1-8-4-9(2)11-6-14(15,13(18)19)7-16(10(3)17)12(11)5-8/h4-5H,6-7,15H2,1-3H3,(H,18,19). The number of nitrogens with zero attached hydrogens (tertiary/aromatic N) is 1. The van der Waals surface area contributed by atoms with Crippen LogP contribution in [0.4, 0.5) is 5.69 Å². The molecule has 3 N–H and O–H groups in total. The summed E-state index contributed by atoms with van der Waals surface area (Å²) in [5.41, 5.74) is 8.18. The highest BCUT2D eigenvalue weighted by molar-refractivity contribution is 5.96. The maximum Gasteiger partial charge on any atom is 0.325 e. The minimum atomic E-state index is -1.42. The number of fused-ring (bicyclic) bond motifs is 1. The van der Waals surface area contributed by atoms with Gasteiger partial charge < -0.3 is 15.7 Å². The third kappa shape index (κ3) is 2.21. The number of rotatable bonds is 1. The Balaban J connectivity index is 2.62. The van der Waals surface area contributed by atoms with E-state index >= 15 is 0 Å². The Labute approximate surface area is 112 Å². The maximum absolute atomic E-state index is 11.8. The minimum absolute atomic E-state index is 0.00750. The van der Waals surface area contributed by atoms with Crippen molar-refractivity contribution in [3.05, 3.63) is 28.8 Å². The van der Waals surface area contributed by atoms with Gasteiger partial charge in [0.05, 0.1) is 6.54 Å². The first-order valence-corrected chi connectivity index (χ1v) is 6.15. The van der Waals surface area contributed by atoms with E-state index in [0.29, 0.717) is 0 Å². The van der Waals surface area contributed by atoms with Crippen molar-refractivity contribution in [2.24, 2.45) is 5.73 Å². The van der Waals surface area contributed by atoms with Crippen molar-refractivity contribution >= 4 is 17.6 Å². The number of amides is 1. The number of aryl methyl sites for hydroxylation is 2. The van der Waals surface area contributed by atoms with E-state index in [-0.39, 0.29) is 18.9 Å². The SMILES string of the molecule is CC(=O)N1CC(N)(C(=O)O)Cc2c(C)cc(C)cc21. The number of carbonyl (C=O) groups is 2. The summed E-state index contributed by atoms with van der Waals surface area (Å²) in [5.74, 6) is -1.27. The lowest BCUT2D eigenvalue weighted by Gasteiger charge is -2.39. The molecular weight excluding hydrogens is 244 g/mol.